The normalized spacial score (nSPS) is 10.9. The summed E-state index contributed by atoms with van der Waals surface area (Å²) in [5, 5.41) is 5.71. The fraction of sp³-hybridized carbons (Fsp3) is 0. The first-order valence-corrected chi connectivity index (χ1v) is 12.0. The van der Waals surface area contributed by atoms with Gasteiger partial charge in [-0.25, -0.2) is 12.1 Å². The van der Waals surface area contributed by atoms with Crippen molar-refractivity contribution >= 4 is 28.5 Å². The second-order valence-electron chi connectivity index (χ2n) is 6.98. The minimum atomic E-state index is -2.25. The van der Waals surface area contributed by atoms with Gasteiger partial charge in [0.05, 0.1) is 0 Å². The zero-order valence-corrected chi connectivity index (χ0v) is 18.8. The third kappa shape index (κ3) is 4.55. The molecule has 5 aromatic rings. The van der Waals surface area contributed by atoms with Crippen molar-refractivity contribution in [2.45, 2.75) is 0 Å². The van der Waals surface area contributed by atoms with Crippen LogP contribution in [0.2, 0.25) is 0 Å². The van der Waals surface area contributed by atoms with Gasteiger partial charge in [0.1, 0.15) is 0 Å². The van der Waals surface area contributed by atoms with Crippen LogP contribution < -0.4 is 21.2 Å². The molecule has 0 spiro atoms. The molecule has 0 nitrogen and oxygen atoms in total. The summed E-state index contributed by atoms with van der Waals surface area (Å²) >= 11 is 0. The number of benzene rings is 3. The van der Waals surface area contributed by atoms with E-state index in [1.807, 2.05) is 30.3 Å². The number of hydrogen-bond donors (Lipinski definition) is 0. The maximum atomic E-state index is 2.29. The van der Waals surface area contributed by atoms with E-state index in [9.17, 15) is 0 Å². The molecule has 0 N–H and O–H groups in total. The first-order valence-electron chi connectivity index (χ1n) is 9.98. The van der Waals surface area contributed by atoms with Crippen LogP contribution in [0.15, 0.2) is 146 Å². The summed E-state index contributed by atoms with van der Waals surface area (Å²) in [5.74, 6) is 0. The van der Waals surface area contributed by atoms with Crippen molar-refractivity contribution < 1.29 is 17.1 Å². The molecule has 0 aliphatic carbocycles. The summed E-state index contributed by atoms with van der Waals surface area (Å²) in [5.41, 5.74) is 0. The van der Waals surface area contributed by atoms with Crippen LogP contribution in [0.1, 0.15) is 0 Å². The van der Waals surface area contributed by atoms with Crippen molar-refractivity contribution in [3.05, 3.63) is 146 Å². The van der Waals surface area contributed by atoms with Gasteiger partial charge in [0, 0.05) is 0 Å². The Hall–Kier alpha value is -2.69. The molecule has 0 saturated carbocycles. The van der Waals surface area contributed by atoms with E-state index in [0.717, 1.165) is 0 Å². The van der Waals surface area contributed by atoms with Crippen molar-refractivity contribution in [2.75, 3.05) is 0 Å². The molecular formula is C28H25FeP. The molecule has 0 amide bonds. The second kappa shape index (κ2) is 10.9. The molecule has 0 fully saturated rings. The summed E-state index contributed by atoms with van der Waals surface area (Å²) in [6.07, 6.45) is 0. The van der Waals surface area contributed by atoms with E-state index in [1.165, 1.54) is 21.2 Å². The number of rotatable bonds is 4. The third-order valence-electron chi connectivity index (χ3n) is 5.27. The second-order valence-corrected chi connectivity index (χ2v) is 10.8. The molecule has 0 aromatic heterocycles. The Bertz CT molecular complexity index is 954. The van der Waals surface area contributed by atoms with Crippen LogP contribution in [0.3, 0.4) is 0 Å². The summed E-state index contributed by atoms with van der Waals surface area (Å²) in [6.45, 7) is 0. The van der Waals surface area contributed by atoms with Crippen LogP contribution in [0, 0.1) is 0 Å². The van der Waals surface area contributed by atoms with Gasteiger partial charge in [0.2, 0.25) is 0 Å². The Morgan fingerprint density at radius 2 is 0.833 bits per heavy atom. The first kappa shape index (κ1) is 22.0. The molecule has 0 aliphatic rings. The Morgan fingerprint density at radius 3 is 1.13 bits per heavy atom. The monoisotopic (exact) mass is 448 g/mol. The molecule has 5 aromatic carbocycles. The maximum absolute atomic E-state index is 2.29. The van der Waals surface area contributed by atoms with Gasteiger partial charge in [-0.15, -0.1) is 0 Å². The average Bonchev–Trinajstić information content (AvgIpc) is 3.54. The standard InChI is InChI=1S/C23H20P.C5H5.Fe/c1-4-12-20(13-5-1)24(23-18-10-11-19-23,21-14-6-2-7-15-21)22-16-8-3-9-17-22;1-2-4-5-3-1;/h1-19,24H;1-5H;/q2*-1;+2. The Kier molecular flexibility index (Phi) is 8.00. The van der Waals surface area contributed by atoms with E-state index in [2.05, 4.69) is 115 Å². The molecule has 30 heavy (non-hydrogen) atoms. The predicted octanol–water partition coefficient (Wildman–Crippen LogP) is 5.16. The van der Waals surface area contributed by atoms with Gasteiger partial charge in [0.25, 0.3) is 0 Å². The zero-order valence-electron chi connectivity index (χ0n) is 16.7. The first-order chi connectivity index (χ1) is 14.4. The van der Waals surface area contributed by atoms with E-state index in [0.29, 0.717) is 0 Å². The van der Waals surface area contributed by atoms with E-state index < -0.39 is 7.26 Å². The van der Waals surface area contributed by atoms with Crippen LogP contribution in [0.4, 0.5) is 0 Å². The van der Waals surface area contributed by atoms with Gasteiger partial charge in [-0.05, 0) is 0 Å². The molecule has 0 bridgehead atoms. The van der Waals surface area contributed by atoms with Crippen LogP contribution in [-0.4, -0.2) is 0 Å². The van der Waals surface area contributed by atoms with E-state index in [1.54, 1.807) is 0 Å². The van der Waals surface area contributed by atoms with E-state index >= 15 is 0 Å². The fourth-order valence-corrected chi connectivity index (χ4v) is 8.78. The Balaban J connectivity index is 0.000000376. The molecule has 0 aliphatic heterocycles. The molecule has 0 radical (unpaired) electrons. The van der Waals surface area contributed by atoms with Crippen molar-refractivity contribution in [3.8, 4) is 0 Å². The summed E-state index contributed by atoms with van der Waals surface area (Å²) in [7, 11) is -2.25. The summed E-state index contributed by atoms with van der Waals surface area (Å²) in [6, 6.07) is 51.9. The van der Waals surface area contributed by atoms with Crippen molar-refractivity contribution in [1.82, 2.24) is 0 Å². The Morgan fingerprint density at radius 1 is 0.467 bits per heavy atom. The number of hydrogen-bond acceptors (Lipinski definition) is 0. The van der Waals surface area contributed by atoms with Gasteiger partial charge < -0.3 is 0 Å². The fourth-order valence-electron chi connectivity index (χ4n) is 4.01. The molecule has 0 atom stereocenters. The van der Waals surface area contributed by atoms with Gasteiger partial charge in [-0.3, -0.25) is 0 Å². The molecule has 0 saturated heterocycles. The van der Waals surface area contributed by atoms with Gasteiger partial charge in [0.15, 0.2) is 0 Å². The van der Waals surface area contributed by atoms with Gasteiger partial charge >= 0.3 is 161 Å². The molecular weight excluding hydrogens is 423 g/mol. The summed E-state index contributed by atoms with van der Waals surface area (Å²) in [4.78, 5) is 0. The zero-order chi connectivity index (χ0) is 19.8. The topological polar surface area (TPSA) is 0 Å². The third-order valence-corrected chi connectivity index (χ3v) is 10.1. The predicted molar refractivity (Wildman–Crippen MR) is 130 cm³/mol. The van der Waals surface area contributed by atoms with E-state index in [4.69, 9.17) is 0 Å². The van der Waals surface area contributed by atoms with Crippen molar-refractivity contribution in [3.63, 3.8) is 0 Å². The Labute approximate surface area is 190 Å². The molecule has 2 heteroatoms. The van der Waals surface area contributed by atoms with Crippen LogP contribution in [-0.2, 0) is 17.1 Å². The van der Waals surface area contributed by atoms with Crippen LogP contribution >= 0.6 is 7.26 Å². The van der Waals surface area contributed by atoms with Crippen LogP contribution in [0.25, 0.3) is 0 Å². The SMILES string of the molecule is [Fe+2].c1cc[cH-]c1.c1ccc([PH](c2ccccc2)(c2ccccc2)[c-]2cccc2)cc1. The molecule has 0 unspecified atom stereocenters. The van der Waals surface area contributed by atoms with Gasteiger partial charge in [-0.2, -0.15) is 18.2 Å². The van der Waals surface area contributed by atoms with Gasteiger partial charge in [-0.1, -0.05) is 0 Å². The van der Waals surface area contributed by atoms with Crippen LogP contribution in [0.5, 0.6) is 0 Å². The molecule has 0 heterocycles. The molecule has 150 valence electrons. The van der Waals surface area contributed by atoms with Crippen molar-refractivity contribution in [1.29, 1.82) is 0 Å². The quantitative estimate of drug-likeness (QED) is 0.203. The molecule has 5 rings (SSSR count). The minimum absolute atomic E-state index is 0. The summed E-state index contributed by atoms with van der Waals surface area (Å²) < 4.78 is 0. The average molecular weight is 448 g/mol. The van der Waals surface area contributed by atoms with Crippen molar-refractivity contribution in [2.24, 2.45) is 0 Å². The van der Waals surface area contributed by atoms with E-state index in [-0.39, 0.29) is 17.1 Å².